The second kappa shape index (κ2) is 7.32. The van der Waals surface area contributed by atoms with Crippen molar-refractivity contribution < 1.29 is 19.5 Å². The van der Waals surface area contributed by atoms with Crippen LogP contribution in [0.5, 0.6) is 0 Å². The number of carbonyl (C=O) groups excluding carboxylic acids is 1. The van der Waals surface area contributed by atoms with E-state index in [9.17, 15) is 10.0 Å². The Bertz CT molecular complexity index is 747. The van der Waals surface area contributed by atoms with Gasteiger partial charge in [-0.2, -0.15) is 5.06 Å². The fourth-order valence-electron chi connectivity index (χ4n) is 3.54. The lowest BCUT2D eigenvalue weighted by Crippen LogP contribution is -2.51. The molecule has 2 atom stereocenters. The van der Waals surface area contributed by atoms with Gasteiger partial charge in [0.2, 0.25) is 8.32 Å². The lowest BCUT2D eigenvalue weighted by molar-refractivity contribution is -0.251. The van der Waals surface area contributed by atoms with Crippen molar-refractivity contribution in [1.29, 1.82) is 0 Å². The average Bonchev–Trinajstić information content (AvgIpc) is 2.98. The Kier molecular flexibility index (Phi) is 5.29. The number of hydroxylamine groups is 2. The summed E-state index contributed by atoms with van der Waals surface area (Å²) >= 11 is 0. The molecule has 26 heavy (non-hydrogen) atoms. The minimum Gasteiger partial charge on any atom is -0.313 e. The van der Waals surface area contributed by atoms with E-state index in [1.807, 2.05) is 80.3 Å². The third-order valence-corrected chi connectivity index (χ3v) is 5.22. The fourth-order valence-corrected chi connectivity index (χ4v) is 3.87. The van der Waals surface area contributed by atoms with E-state index in [-0.39, 0.29) is 5.92 Å². The summed E-state index contributed by atoms with van der Waals surface area (Å²) < 4.78 is 5.43. The highest BCUT2D eigenvalue weighted by Gasteiger charge is 2.58. The normalized spacial score (nSPS) is 23.8. The Balaban J connectivity index is 2.09. The zero-order valence-corrected chi connectivity index (χ0v) is 16.4. The van der Waals surface area contributed by atoms with Gasteiger partial charge in [-0.25, -0.2) is 9.37 Å². The molecule has 5 nitrogen and oxygen atoms in total. The van der Waals surface area contributed by atoms with Crippen LogP contribution in [0.3, 0.4) is 0 Å². The number of benzene rings is 2. The van der Waals surface area contributed by atoms with Crippen molar-refractivity contribution in [3.63, 3.8) is 0 Å². The van der Waals surface area contributed by atoms with Gasteiger partial charge in [0.15, 0.2) is 5.54 Å². The van der Waals surface area contributed by atoms with Gasteiger partial charge in [0, 0.05) is 12.5 Å². The SMILES string of the molecule is C[Si](C)(C)OOC(=O)[C@@]1(c2ccccc2)[C@H](c2ccccc2)CCN1O. The number of nitrogens with zero attached hydrogens (tertiary/aromatic N) is 1. The number of hydrogen-bond acceptors (Lipinski definition) is 5. The maximum absolute atomic E-state index is 13.3. The summed E-state index contributed by atoms with van der Waals surface area (Å²) in [4.78, 5) is 18.6. The molecular weight excluding hydrogens is 346 g/mol. The summed E-state index contributed by atoms with van der Waals surface area (Å²) in [6.07, 6.45) is 0.636. The molecule has 6 heteroatoms. The van der Waals surface area contributed by atoms with Gasteiger partial charge in [0.1, 0.15) is 0 Å². The molecular formula is C20H25NO4Si. The van der Waals surface area contributed by atoms with Gasteiger partial charge in [-0.1, -0.05) is 60.7 Å². The second-order valence-corrected chi connectivity index (χ2v) is 12.0. The lowest BCUT2D eigenvalue weighted by atomic mass is 9.75. The van der Waals surface area contributed by atoms with Gasteiger partial charge >= 0.3 is 5.97 Å². The summed E-state index contributed by atoms with van der Waals surface area (Å²) in [5.41, 5.74) is 0.346. The van der Waals surface area contributed by atoms with E-state index < -0.39 is 19.8 Å². The zero-order valence-electron chi connectivity index (χ0n) is 15.4. The Morgan fingerprint density at radius 2 is 1.65 bits per heavy atom. The van der Waals surface area contributed by atoms with Gasteiger partial charge in [0.25, 0.3) is 0 Å². The summed E-state index contributed by atoms with van der Waals surface area (Å²) in [7, 11) is -2.07. The first-order valence-electron chi connectivity index (χ1n) is 8.83. The molecule has 1 aliphatic rings. The second-order valence-electron chi connectivity index (χ2n) is 7.57. The van der Waals surface area contributed by atoms with Crippen LogP contribution in [-0.4, -0.2) is 31.1 Å². The van der Waals surface area contributed by atoms with Crippen LogP contribution < -0.4 is 0 Å². The molecule has 0 bridgehead atoms. The molecule has 0 unspecified atom stereocenters. The van der Waals surface area contributed by atoms with Crippen molar-refractivity contribution in [2.45, 2.75) is 37.5 Å². The Labute approximate surface area is 155 Å². The van der Waals surface area contributed by atoms with Gasteiger partial charge in [-0.05, 0) is 37.2 Å². The topological polar surface area (TPSA) is 59.0 Å². The van der Waals surface area contributed by atoms with Crippen LogP contribution in [0.2, 0.25) is 19.6 Å². The summed E-state index contributed by atoms with van der Waals surface area (Å²) in [6.45, 7) is 6.19. The van der Waals surface area contributed by atoms with Crippen LogP contribution in [0.1, 0.15) is 23.5 Å². The van der Waals surface area contributed by atoms with Gasteiger partial charge in [-0.3, -0.25) is 0 Å². The van der Waals surface area contributed by atoms with Crippen LogP contribution in [0, 0.1) is 0 Å². The lowest BCUT2D eigenvalue weighted by Gasteiger charge is -2.37. The predicted molar refractivity (Wildman–Crippen MR) is 101 cm³/mol. The van der Waals surface area contributed by atoms with Gasteiger partial charge in [-0.15, -0.1) is 0 Å². The van der Waals surface area contributed by atoms with Gasteiger partial charge in [0.05, 0.1) is 0 Å². The molecule has 1 fully saturated rings. The van der Waals surface area contributed by atoms with Crippen LogP contribution in [-0.2, 0) is 19.8 Å². The van der Waals surface area contributed by atoms with E-state index in [2.05, 4.69) is 0 Å². The maximum atomic E-state index is 13.3. The first-order chi connectivity index (χ1) is 12.4. The smallest absolute Gasteiger partial charge is 0.313 e. The molecule has 0 spiro atoms. The largest absolute Gasteiger partial charge is 0.368 e. The van der Waals surface area contributed by atoms with Crippen LogP contribution in [0.15, 0.2) is 60.7 Å². The Morgan fingerprint density at radius 1 is 1.08 bits per heavy atom. The monoisotopic (exact) mass is 371 g/mol. The zero-order chi connectivity index (χ0) is 18.8. The predicted octanol–water partition coefficient (Wildman–Crippen LogP) is 4.07. The number of rotatable bonds is 5. The molecule has 1 heterocycles. The highest BCUT2D eigenvalue weighted by atomic mass is 28.4. The van der Waals surface area contributed by atoms with E-state index in [1.165, 1.54) is 0 Å². The molecule has 2 aromatic rings. The summed E-state index contributed by atoms with van der Waals surface area (Å²) in [5, 5.41) is 11.9. The van der Waals surface area contributed by atoms with Crippen LogP contribution >= 0.6 is 0 Å². The molecule has 3 rings (SSSR count). The highest BCUT2D eigenvalue weighted by Crippen LogP contribution is 2.49. The number of carbonyl (C=O) groups is 1. The molecule has 1 saturated heterocycles. The molecule has 0 amide bonds. The Morgan fingerprint density at radius 3 is 2.23 bits per heavy atom. The molecule has 0 saturated carbocycles. The molecule has 1 N–H and O–H groups in total. The molecule has 138 valence electrons. The van der Waals surface area contributed by atoms with E-state index in [4.69, 9.17) is 9.46 Å². The molecule has 2 aromatic carbocycles. The van der Waals surface area contributed by atoms with Crippen molar-refractivity contribution in [3.05, 3.63) is 71.8 Å². The maximum Gasteiger partial charge on any atom is 0.368 e. The minimum atomic E-state index is -2.07. The van der Waals surface area contributed by atoms with E-state index in [0.29, 0.717) is 18.5 Å². The standard InChI is InChI=1S/C20H25NO4Si/c1-26(2,3)25-24-19(22)20(17-12-8-5-9-13-17)18(14-15-21(20)23)16-10-6-4-7-11-16/h4-13,18,23H,14-15H2,1-3H3/t18-,20+/m0/s1. The molecule has 1 aliphatic heterocycles. The average molecular weight is 372 g/mol. The van der Waals surface area contributed by atoms with E-state index >= 15 is 0 Å². The third-order valence-electron chi connectivity index (χ3n) is 4.64. The summed E-state index contributed by atoms with van der Waals surface area (Å²) in [6, 6.07) is 19.1. The third kappa shape index (κ3) is 3.46. The van der Waals surface area contributed by atoms with Crippen molar-refractivity contribution in [1.82, 2.24) is 5.06 Å². The van der Waals surface area contributed by atoms with Crippen molar-refractivity contribution >= 4 is 14.3 Å². The van der Waals surface area contributed by atoms with Crippen LogP contribution in [0.25, 0.3) is 0 Å². The van der Waals surface area contributed by atoms with Gasteiger partial charge < -0.3 is 10.1 Å². The first kappa shape index (κ1) is 18.8. The molecule has 0 aliphatic carbocycles. The minimum absolute atomic E-state index is 0.242. The molecule has 0 radical (unpaired) electrons. The number of hydrogen-bond donors (Lipinski definition) is 1. The Hall–Kier alpha value is -1.99. The van der Waals surface area contributed by atoms with E-state index in [0.717, 1.165) is 10.6 Å². The first-order valence-corrected chi connectivity index (χ1v) is 12.2. The molecule has 0 aromatic heterocycles. The van der Waals surface area contributed by atoms with Crippen LogP contribution in [0.4, 0.5) is 0 Å². The fraction of sp³-hybridized carbons (Fsp3) is 0.350. The summed E-state index contributed by atoms with van der Waals surface area (Å²) in [5.74, 6) is -0.825. The van der Waals surface area contributed by atoms with E-state index in [1.54, 1.807) is 0 Å². The highest BCUT2D eigenvalue weighted by molar-refractivity contribution is 6.69. The van der Waals surface area contributed by atoms with Crippen molar-refractivity contribution in [2.75, 3.05) is 6.54 Å². The van der Waals surface area contributed by atoms with Crippen molar-refractivity contribution in [3.8, 4) is 0 Å². The van der Waals surface area contributed by atoms with Crippen molar-refractivity contribution in [2.24, 2.45) is 0 Å². The quantitative estimate of drug-likeness (QED) is 0.488.